The molecule has 2 aromatic rings. The largest absolute Gasteiger partial charge is 0.478 e. The Hall–Kier alpha value is -2.52. The van der Waals surface area contributed by atoms with Crippen LogP contribution >= 0.6 is 0 Å². The number of fused-ring (bicyclic) bond motifs is 2. The number of carbonyl (C=O) groups excluding carboxylic acids is 1. The number of sulfonamides is 1. The number of amides is 1. The van der Waals surface area contributed by atoms with E-state index in [4.69, 9.17) is 0 Å². The van der Waals surface area contributed by atoms with E-state index in [-0.39, 0.29) is 35.4 Å². The van der Waals surface area contributed by atoms with Gasteiger partial charge in [-0.15, -0.1) is 0 Å². The molecule has 1 aromatic heterocycles. The Bertz CT molecular complexity index is 1190. The Balaban J connectivity index is 1.64. The molecule has 1 amide bonds. The molecule has 1 fully saturated rings. The van der Waals surface area contributed by atoms with Gasteiger partial charge in [-0.05, 0) is 68.2 Å². The number of piperidine rings is 1. The lowest BCUT2D eigenvalue weighted by atomic mass is 9.84. The van der Waals surface area contributed by atoms with E-state index in [0.29, 0.717) is 42.6 Å². The molecule has 0 radical (unpaired) electrons. The Morgan fingerprint density at radius 2 is 1.94 bits per heavy atom. The first kappa shape index (κ1) is 23.6. The van der Waals surface area contributed by atoms with Crippen molar-refractivity contribution in [2.24, 2.45) is 11.8 Å². The lowest BCUT2D eigenvalue weighted by Crippen LogP contribution is -2.43. The molecule has 1 saturated heterocycles. The number of aromatic carboxylic acids is 1. The van der Waals surface area contributed by atoms with E-state index in [1.54, 1.807) is 6.07 Å². The van der Waals surface area contributed by atoms with Crippen LogP contribution in [0.4, 0.5) is 0 Å². The van der Waals surface area contributed by atoms with Crippen molar-refractivity contribution in [2.45, 2.75) is 57.3 Å². The SMILES string of the molecule is CCCNC(=O)C1CCN(S(=O)(=O)c2ccc3nc4c(c(C(=O)O)c3c2)C[C@H](C)CC4)CC1. The number of aryl methyl sites for hydroxylation is 1. The summed E-state index contributed by atoms with van der Waals surface area (Å²) in [7, 11) is -3.81. The number of nitrogens with one attached hydrogen (secondary N) is 1. The quantitative estimate of drug-likeness (QED) is 0.666. The zero-order chi connectivity index (χ0) is 23.8. The van der Waals surface area contributed by atoms with Gasteiger partial charge in [-0.1, -0.05) is 13.8 Å². The van der Waals surface area contributed by atoms with Crippen molar-refractivity contribution in [3.05, 3.63) is 35.0 Å². The molecule has 33 heavy (non-hydrogen) atoms. The molecule has 178 valence electrons. The number of carbonyl (C=O) groups is 2. The minimum absolute atomic E-state index is 0.0178. The number of nitrogens with zero attached hydrogens (tertiary/aromatic N) is 2. The summed E-state index contributed by atoms with van der Waals surface area (Å²) in [6, 6.07) is 4.58. The monoisotopic (exact) mass is 473 g/mol. The number of pyridine rings is 1. The normalized spacial score (nSPS) is 19.9. The number of carboxylic acid groups (broad SMARTS) is 1. The number of aromatic nitrogens is 1. The summed E-state index contributed by atoms with van der Waals surface area (Å²) >= 11 is 0. The van der Waals surface area contributed by atoms with Crippen LogP contribution in [-0.4, -0.2) is 54.3 Å². The smallest absolute Gasteiger partial charge is 0.336 e. The average molecular weight is 474 g/mol. The third kappa shape index (κ3) is 4.61. The highest BCUT2D eigenvalue weighted by Crippen LogP contribution is 2.33. The van der Waals surface area contributed by atoms with Crippen molar-refractivity contribution in [3.63, 3.8) is 0 Å². The van der Waals surface area contributed by atoms with Crippen LogP contribution in [0.5, 0.6) is 0 Å². The van der Waals surface area contributed by atoms with Gasteiger partial charge in [0.15, 0.2) is 0 Å². The van der Waals surface area contributed by atoms with E-state index in [1.165, 1.54) is 16.4 Å². The molecule has 0 saturated carbocycles. The topological polar surface area (TPSA) is 117 Å². The predicted molar refractivity (Wildman–Crippen MR) is 125 cm³/mol. The molecular formula is C24H31N3O5S. The minimum Gasteiger partial charge on any atom is -0.478 e. The van der Waals surface area contributed by atoms with Crippen molar-refractivity contribution >= 4 is 32.8 Å². The first-order valence-electron chi connectivity index (χ1n) is 11.7. The number of hydrogen-bond acceptors (Lipinski definition) is 5. The van der Waals surface area contributed by atoms with Gasteiger partial charge in [-0.2, -0.15) is 4.31 Å². The van der Waals surface area contributed by atoms with E-state index < -0.39 is 16.0 Å². The molecule has 1 aromatic carbocycles. The summed E-state index contributed by atoms with van der Waals surface area (Å²) in [6.45, 7) is 5.22. The molecule has 0 bridgehead atoms. The van der Waals surface area contributed by atoms with Gasteiger partial charge in [-0.3, -0.25) is 9.78 Å². The van der Waals surface area contributed by atoms with E-state index >= 15 is 0 Å². The highest BCUT2D eigenvalue weighted by atomic mass is 32.2. The maximum absolute atomic E-state index is 13.4. The van der Waals surface area contributed by atoms with Crippen LogP contribution in [0.15, 0.2) is 23.1 Å². The van der Waals surface area contributed by atoms with Gasteiger partial charge in [0.2, 0.25) is 15.9 Å². The van der Waals surface area contributed by atoms with Crippen LogP contribution < -0.4 is 5.32 Å². The number of benzene rings is 1. The highest BCUT2D eigenvalue weighted by molar-refractivity contribution is 7.89. The number of hydrogen-bond donors (Lipinski definition) is 2. The summed E-state index contributed by atoms with van der Waals surface area (Å²) < 4.78 is 28.1. The Morgan fingerprint density at radius 1 is 1.21 bits per heavy atom. The van der Waals surface area contributed by atoms with Crippen molar-refractivity contribution in [1.29, 1.82) is 0 Å². The van der Waals surface area contributed by atoms with E-state index in [1.807, 2.05) is 6.92 Å². The Labute approximate surface area is 194 Å². The van der Waals surface area contributed by atoms with Gasteiger partial charge in [0.1, 0.15) is 0 Å². The molecule has 0 spiro atoms. The fourth-order valence-electron chi connectivity index (χ4n) is 4.90. The maximum atomic E-state index is 13.4. The molecule has 1 aliphatic heterocycles. The van der Waals surface area contributed by atoms with Gasteiger partial charge >= 0.3 is 5.97 Å². The van der Waals surface area contributed by atoms with Crippen LogP contribution in [0.2, 0.25) is 0 Å². The van der Waals surface area contributed by atoms with Crippen molar-refractivity contribution in [3.8, 4) is 0 Å². The second-order valence-electron chi connectivity index (χ2n) is 9.21. The van der Waals surface area contributed by atoms with Crippen molar-refractivity contribution in [1.82, 2.24) is 14.6 Å². The van der Waals surface area contributed by atoms with Crippen LogP contribution in [0.3, 0.4) is 0 Å². The molecule has 0 unspecified atom stereocenters. The van der Waals surface area contributed by atoms with Crippen LogP contribution in [0.25, 0.3) is 10.9 Å². The molecule has 1 atom stereocenters. The molecule has 8 nitrogen and oxygen atoms in total. The minimum atomic E-state index is -3.81. The number of carboxylic acids is 1. The standard InChI is InChI=1S/C24H31N3O5S/c1-3-10-25-23(28)16-8-11-27(12-9-16)33(31,32)17-5-7-21-19(14-17)22(24(29)30)18-13-15(2)4-6-20(18)26-21/h5,7,14-16H,3-4,6,8-13H2,1-2H3,(H,25,28)(H,29,30)/t15-/m1/s1. The first-order chi connectivity index (χ1) is 15.7. The molecule has 2 heterocycles. The second-order valence-corrected chi connectivity index (χ2v) is 11.2. The summed E-state index contributed by atoms with van der Waals surface area (Å²) in [5, 5.41) is 13.2. The maximum Gasteiger partial charge on any atom is 0.336 e. The molecular weight excluding hydrogens is 442 g/mol. The molecule has 9 heteroatoms. The predicted octanol–water partition coefficient (Wildman–Crippen LogP) is 2.98. The zero-order valence-corrected chi connectivity index (χ0v) is 20.0. The fraction of sp³-hybridized carbons (Fsp3) is 0.542. The van der Waals surface area contributed by atoms with E-state index in [9.17, 15) is 23.1 Å². The third-order valence-corrected chi connectivity index (χ3v) is 8.69. The summed E-state index contributed by atoms with van der Waals surface area (Å²) in [6.07, 6.45) is 4.11. The highest BCUT2D eigenvalue weighted by Gasteiger charge is 2.33. The van der Waals surface area contributed by atoms with Gasteiger partial charge in [0, 0.05) is 36.6 Å². The summed E-state index contributed by atoms with van der Waals surface area (Å²) in [4.78, 5) is 29.2. The van der Waals surface area contributed by atoms with Crippen molar-refractivity contribution < 1.29 is 23.1 Å². The third-order valence-electron chi connectivity index (χ3n) is 6.80. The Morgan fingerprint density at radius 3 is 2.61 bits per heavy atom. The molecule has 4 rings (SSSR count). The van der Waals surface area contributed by atoms with Crippen LogP contribution in [0, 0.1) is 11.8 Å². The summed E-state index contributed by atoms with van der Waals surface area (Å²) in [5.41, 5.74) is 2.20. The Kier molecular flexibility index (Phi) is 6.72. The van der Waals surface area contributed by atoms with Gasteiger partial charge < -0.3 is 10.4 Å². The van der Waals surface area contributed by atoms with Crippen LogP contribution in [0.1, 0.15) is 61.1 Å². The average Bonchev–Trinajstić information content (AvgIpc) is 2.80. The summed E-state index contributed by atoms with van der Waals surface area (Å²) in [5.74, 6) is -0.898. The van der Waals surface area contributed by atoms with Crippen molar-refractivity contribution in [2.75, 3.05) is 19.6 Å². The van der Waals surface area contributed by atoms with Gasteiger partial charge in [-0.25, -0.2) is 13.2 Å². The second kappa shape index (κ2) is 9.38. The zero-order valence-electron chi connectivity index (χ0n) is 19.1. The van der Waals surface area contributed by atoms with E-state index in [0.717, 1.165) is 30.5 Å². The van der Waals surface area contributed by atoms with Gasteiger partial charge in [0.25, 0.3) is 0 Å². The molecule has 2 N–H and O–H groups in total. The lowest BCUT2D eigenvalue weighted by Gasteiger charge is -2.30. The van der Waals surface area contributed by atoms with E-state index in [2.05, 4.69) is 17.2 Å². The first-order valence-corrected chi connectivity index (χ1v) is 13.1. The molecule has 2 aliphatic rings. The van der Waals surface area contributed by atoms with Gasteiger partial charge in [0.05, 0.1) is 16.0 Å². The number of rotatable bonds is 6. The van der Waals surface area contributed by atoms with Crippen LogP contribution in [-0.2, 0) is 27.7 Å². The fourth-order valence-corrected chi connectivity index (χ4v) is 6.39. The molecule has 1 aliphatic carbocycles. The lowest BCUT2D eigenvalue weighted by molar-refractivity contribution is -0.126.